The van der Waals surface area contributed by atoms with Crippen LogP contribution < -0.4 is 5.32 Å². The summed E-state index contributed by atoms with van der Waals surface area (Å²) in [6.45, 7) is 7.37. The second kappa shape index (κ2) is 7.56. The first-order valence-electron chi connectivity index (χ1n) is 5.00. The van der Waals surface area contributed by atoms with E-state index in [2.05, 4.69) is 26.1 Å². The number of ether oxygens (including phenoxy) is 1. The first-order valence-corrected chi connectivity index (χ1v) is 5.00. The third-order valence-electron chi connectivity index (χ3n) is 1.78. The van der Waals surface area contributed by atoms with E-state index in [-0.39, 0.29) is 0 Å². The van der Waals surface area contributed by atoms with Crippen LogP contribution >= 0.6 is 0 Å². The molecule has 0 aliphatic carbocycles. The number of rotatable bonds is 7. The standard InChI is InChI=1S/C10H23NO/c1-5-6-7-10(8-11-4)12-9(2)3/h9-11H,5-8H2,1-4H3. The Morgan fingerprint density at radius 2 is 2.00 bits per heavy atom. The third kappa shape index (κ3) is 6.62. The van der Waals surface area contributed by atoms with E-state index >= 15 is 0 Å². The maximum atomic E-state index is 5.73. The highest BCUT2D eigenvalue weighted by Gasteiger charge is 2.08. The molecule has 12 heavy (non-hydrogen) atoms. The average Bonchev–Trinajstić information content (AvgIpc) is 2.00. The van der Waals surface area contributed by atoms with Gasteiger partial charge in [0.15, 0.2) is 0 Å². The first-order chi connectivity index (χ1) is 5.70. The molecule has 0 spiro atoms. The number of nitrogens with one attached hydrogen (secondary N) is 1. The van der Waals surface area contributed by atoms with Crippen LogP contribution in [-0.4, -0.2) is 25.8 Å². The summed E-state index contributed by atoms with van der Waals surface area (Å²) in [5.74, 6) is 0. The molecule has 0 saturated carbocycles. The molecule has 0 aromatic carbocycles. The molecule has 0 aliphatic rings. The second-order valence-corrected chi connectivity index (χ2v) is 3.51. The van der Waals surface area contributed by atoms with Crippen LogP contribution in [0.5, 0.6) is 0 Å². The SMILES string of the molecule is CCCCC(CNC)OC(C)C. The van der Waals surface area contributed by atoms with E-state index in [9.17, 15) is 0 Å². The summed E-state index contributed by atoms with van der Waals surface area (Å²) in [5.41, 5.74) is 0. The summed E-state index contributed by atoms with van der Waals surface area (Å²) in [6, 6.07) is 0. The summed E-state index contributed by atoms with van der Waals surface area (Å²) in [6.07, 6.45) is 4.44. The van der Waals surface area contributed by atoms with Crippen molar-refractivity contribution in [3.63, 3.8) is 0 Å². The molecule has 1 unspecified atom stereocenters. The number of unbranched alkanes of at least 4 members (excludes halogenated alkanes) is 1. The van der Waals surface area contributed by atoms with Gasteiger partial charge in [0, 0.05) is 6.54 Å². The maximum absolute atomic E-state index is 5.73. The minimum atomic E-state index is 0.347. The summed E-state index contributed by atoms with van der Waals surface area (Å²) in [5, 5.41) is 3.16. The molecular formula is C10H23NO. The Bertz CT molecular complexity index is 93.8. The van der Waals surface area contributed by atoms with Gasteiger partial charge in [-0.1, -0.05) is 19.8 Å². The van der Waals surface area contributed by atoms with Gasteiger partial charge in [-0.25, -0.2) is 0 Å². The van der Waals surface area contributed by atoms with E-state index < -0.39 is 0 Å². The Labute approximate surface area is 76.7 Å². The lowest BCUT2D eigenvalue weighted by Crippen LogP contribution is -2.28. The number of hydrogen-bond acceptors (Lipinski definition) is 2. The Morgan fingerprint density at radius 3 is 2.42 bits per heavy atom. The molecule has 1 N–H and O–H groups in total. The first kappa shape index (κ1) is 11.9. The molecule has 0 bridgehead atoms. The van der Waals surface area contributed by atoms with Crippen molar-refractivity contribution in [3.8, 4) is 0 Å². The average molecular weight is 173 g/mol. The van der Waals surface area contributed by atoms with Gasteiger partial charge in [0.1, 0.15) is 0 Å². The summed E-state index contributed by atoms with van der Waals surface area (Å²) in [7, 11) is 1.97. The Hall–Kier alpha value is -0.0800. The topological polar surface area (TPSA) is 21.3 Å². The highest BCUT2D eigenvalue weighted by molar-refractivity contribution is 4.61. The van der Waals surface area contributed by atoms with Gasteiger partial charge in [-0.2, -0.15) is 0 Å². The van der Waals surface area contributed by atoms with E-state index in [0.29, 0.717) is 12.2 Å². The van der Waals surface area contributed by atoms with Crippen LogP contribution in [-0.2, 0) is 4.74 Å². The summed E-state index contributed by atoms with van der Waals surface area (Å²) < 4.78 is 5.73. The molecular weight excluding hydrogens is 150 g/mol. The Balaban J connectivity index is 3.54. The smallest absolute Gasteiger partial charge is 0.0702 e. The molecule has 0 radical (unpaired) electrons. The van der Waals surface area contributed by atoms with E-state index in [1.165, 1.54) is 19.3 Å². The highest BCUT2D eigenvalue weighted by atomic mass is 16.5. The predicted molar refractivity (Wildman–Crippen MR) is 53.5 cm³/mol. The van der Waals surface area contributed by atoms with Crippen molar-refractivity contribution in [2.24, 2.45) is 0 Å². The molecule has 0 aromatic rings. The van der Waals surface area contributed by atoms with Crippen molar-refractivity contribution in [1.82, 2.24) is 5.32 Å². The van der Waals surface area contributed by atoms with E-state index in [1.54, 1.807) is 0 Å². The predicted octanol–water partition coefficient (Wildman–Crippen LogP) is 2.19. The van der Waals surface area contributed by atoms with Gasteiger partial charge in [-0.3, -0.25) is 0 Å². The Morgan fingerprint density at radius 1 is 1.33 bits per heavy atom. The lowest BCUT2D eigenvalue weighted by molar-refractivity contribution is 0.00390. The molecule has 2 nitrogen and oxygen atoms in total. The molecule has 0 heterocycles. The van der Waals surface area contributed by atoms with Gasteiger partial charge >= 0.3 is 0 Å². The zero-order chi connectivity index (χ0) is 9.40. The van der Waals surface area contributed by atoms with Crippen molar-refractivity contribution in [3.05, 3.63) is 0 Å². The van der Waals surface area contributed by atoms with Gasteiger partial charge in [-0.15, -0.1) is 0 Å². The third-order valence-corrected chi connectivity index (χ3v) is 1.78. The molecule has 1 atom stereocenters. The minimum Gasteiger partial charge on any atom is -0.374 e. The minimum absolute atomic E-state index is 0.347. The van der Waals surface area contributed by atoms with Gasteiger partial charge in [-0.05, 0) is 27.3 Å². The molecule has 0 saturated heterocycles. The molecule has 0 fully saturated rings. The van der Waals surface area contributed by atoms with Crippen LogP contribution in [0.15, 0.2) is 0 Å². The van der Waals surface area contributed by atoms with Gasteiger partial charge in [0.2, 0.25) is 0 Å². The summed E-state index contributed by atoms with van der Waals surface area (Å²) >= 11 is 0. The molecule has 0 amide bonds. The number of hydrogen-bond donors (Lipinski definition) is 1. The number of likely N-dealkylation sites (N-methyl/N-ethyl adjacent to an activating group) is 1. The lowest BCUT2D eigenvalue weighted by Gasteiger charge is -2.19. The van der Waals surface area contributed by atoms with Crippen molar-refractivity contribution in [1.29, 1.82) is 0 Å². The van der Waals surface area contributed by atoms with Crippen molar-refractivity contribution < 1.29 is 4.74 Å². The van der Waals surface area contributed by atoms with Crippen LogP contribution in [0.2, 0.25) is 0 Å². The van der Waals surface area contributed by atoms with E-state index in [1.807, 2.05) is 7.05 Å². The Kier molecular flexibility index (Phi) is 7.51. The van der Waals surface area contributed by atoms with Gasteiger partial charge in [0.25, 0.3) is 0 Å². The quantitative estimate of drug-likeness (QED) is 0.637. The fourth-order valence-electron chi connectivity index (χ4n) is 1.26. The van der Waals surface area contributed by atoms with Gasteiger partial charge in [0.05, 0.1) is 12.2 Å². The molecule has 0 aliphatic heterocycles. The van der Waals surface area contributed by atoms with Gasteiger partial charge < -0.3 is 10.1 Å². The van der Waals surface area contributed by atoms with Crippen LogP contribution in [0.3, 0.4) is 0 Å². The van der Waals surface area contributed by atoms with Crippen molar-refractivity contribution in [2.45, 2.75) is 52.2 Å². The van der Waals surface area contributed by atoms with Crippen molar-refractivity contribution >= 4 is 0 Å². The van der Waals surface area contributed by atoms with Crippen molar-refractivity contribution in [2.75, 3.05) is 13.6 Å². The monoisotopic (exact) mass is 173 g/mol. The fourth-order valence-corrected chi connectivity index (χ4v) is 1.26. The lowest BCUT2D eigenvalue weighted by atomic mass is 10.1. The molecule has 74 valence electrons. The normalized spacial score (nSPS) is 13.8. The largest absolute Gasteiger partial charge is 0.374 e. The van der Waals surface area contributed by atoms with Crippen LogP contribution in [0, 0.1) is 0 Å². The highest BCUT2D eigenvalue weighted by Crippen LogP contribution is 2.06. The zero-order valence-corrected chi connectivity index (χ0v) is 8.89. The van der Waals surface area contributed by atoms with Crippen LogP contribution in [0.25, 0.3) is 0 Å². The molecule has 0 rings (SSSR count). The summed E-state index contributed by atoms with van der Waals surface area (Å²) in [4.78, 5) is 0. The van der Waals surface area contributed by atoms with E-state index in [0.717, 1.165) is 6.54 Å². The zero-order valence-electron chi connectivity index (χ0n) is 8.89. The molecule has 0 aromatic heterocycles. The van der Waals surface area contributed by atoms with E-state index in [4.69, 9.17) is 4.74 Å². The maximum Gasteiger partial charge on any atom is 0.0702 e. The second-order valence-electron chi connectivity index (χ2n) is 3.51. The van der Waals surface area contributed by atoms with Crippen LogP contribution in [0.1, 0.15) is 40.0 Å². The fraction of sp³-hybridized carbons (Fsp3) is 1.00. The van der Waals surface area contributed by atoms with Crippen LogP contribution in [0.4, 0.5) is 0 Å². The molecule has 2 heteroatoms.